The fourth-order valence-electron chi connectivity index (χ4n) is 0.834. The fraction of sp³-hybridized carbons (Fsp3) is 0.889. The van der Waals surface area contributed by atoms with Gasteiger partial charge in [-0.1, -0.05) is 13.3 Å². The SMILES string of the molecule is CCCCC(=O)OC(C)OCC. The summed E-state index contributed by atoms with van der Waals surface area (Å²) < 4.78 is 9.98. The smallest absolute Gasteiger partial charge is 0.308 e. The van der Waals surface area contributed by atoms with Gasteiger partial charge in [0.1, 0.15) is 0 Å². The van der Waals surface area contributed by atoms with Gasteiger partial charge < -0.3 is 9.47 Å². The molecule has 72 valence electrons. The second-order valence-corrected chi connectivity index (χ2v) is 2.62. The normalized spacial score (nSPS) is 12.6. The van der Waals surface area contributed by atoms with E-state index in [1.165, 1.54) is 0 Å². The largest absolute Gasteiger partial charge is 0.436 e. The lowest BCUT2D eigenvalue weighted by atomic mass is 10.2. The van der Waals surface area contributed by atoms with Crippen molar-refractivity contribution in [3.63, 3.8) is 0 Å². The number of rotatable bonds is 6. The van der Waals surface area contributed by atoms with Crippen LogP contribution in [0.4, 0.5) is 0 Å². The maximum absolute atomic E-state index is 11.0. The highest BCUT2D eigenvalue weighted by atomic mass is 16.7. The van der Waals surface area contributed by atoms with Crippen molar-refractivity contribution in [2.45, 2.75) is 46.3 Å². The highest BCUT2D eigenvalue weighted by Crippen LogP contribution is 2.00. The van der Waals surface area contributed by atoms with E-state index < -0.39 is 6.29 Å². The zero-order chi connectivity index (χ0) is 9.40. The summed E-state index contributed by atoms with van der Waals surface area (Å²) in [6, 6.07) is 0. The van der Waals surface area contributed by atoms with Crippen LogP contribution in [0.15, 0.2) is 0 Å². The molecular weight excluding hydrogens is 156 g/mol. The number of carbonyl (C=O) groups excluding carboxylic acids is 1. The first-order valence-electron chi connectivity index (χ1n) is 4.51. The van der Waals surface area contributed by atoms with Crippen molar-refractivity contribution in [2.75, 3.05) is 6.61 Å². The molecule has 0 bridgehead atoms. The first kappa shape index (κ1) is 11.4. The monoisotopic (exact) mass is 174 g/mol. The quantitative estimate of drug-likeness (QED) is 0.457. The van der Waals surface area contributed by atoms with Gasteiger partial charge in [0.2, 0.25) is 0 Å². The van der Waals surface area contributed by atoms with Crippen molar-refractivity contribution in [2.24, 2.45) is 0 Å². The summed E-state index contributed by atoms with van der Waals surface area (Å²) >= 11 is 0. The van der Waals surface area contributed by atoms with E-state index in [-0.39, 0.29) is 5.97 Å². The van der Waals surface area contributed by atoms with Crippen molar-refractivity contribution in [3.8, 4) is 0 Å². The predicted molar refractivity (Wildman–Crippen MR) is 46.7 cm³/mol. The Kier molecular flexibility index (Phi) is 6.76. The van der Waals surface area contributed by atoms with Crippen LogP contribution in [0.1, 0.15) is 40.0 Å². The van der Waals surface area contributed by atoms with Crippen molar-refractivity contribution < 1.29 is 14.3 Å². The maximum Gasteiger partial charge on any atom is 0.308 e. The topological polar surface area (TPSA) is 35.5 Å². The Bertz CT molecular complexity index is 123. The van der Waals surface area contributed by atoms with Gasteiger partial charge >= 0.3 is 5.97 Å². The number of hydrogen-bond acceptors (Lipinski definition) is 3. The Morgan fingerprint density at radius 1 is 1.42 bits per heavy atom. The standard InChI is InChI=1S/C9H18O3/c1-4-6-7-9(10)12-8(3)11-5-2/h8H,4-7H2,1-3H3. The van der Waals surface area contributed by atoms with E-state index in [0.717, 1.165) is 12.8 Å². The lowest BCUT2D eigenvalue weighted by Gasteiger charge is -2.12. The number of unbranched alkanes of at least 4 members (excludes halogenated alkanes) is 1. The molecule has 0 aromatic rings. The van der Waals surface area contributed by atoms with Gasteiger partial charge in [-0.25, -0.2) is 0 Å². The number of hydrogen-bond donors (Lipinski definition) is 0. The molecular formula is C9H18O3. The van der Waals surface area contributed by atoms with Crippen LogP contribution in [0.2, 0.25) is 0 Å². The molecule has 0 radical (unpaired) electrons. The summed E-state index contributed by atoms with van der Waals surface area (Å²) in [6.07, 6.45) is 1.99. The van der Waals surface area contributed by atoms with Gasteiger partial charge in [-0.3, -0.25) is 4.79 Å². The molecule has 12 heavy (non-hydrogen) atoms. The molecule has 1 unspecified atom stereocenters. The third-order valence-electron chi connectivity index (χ3n) is 1.43. The van der Waals surface area contributed by atoms with Crippen LogP contribution in [-0.4, -0.2) is 18.9 Å². The molecule has 0 aliphatic rings. The van der Waals surface area contributed by atoms with Crippen molar-refractivity contribution >= 4 is 5.97 Å². The Morgan fingerprint density at radius 3 is 2.58 bits per heavy atom. The predicted octanol–water partition coefficient (Wildman–Crippen LogP) is 2.10. The van der Waals surface area contributed by atoms with E-state index in [9.17, 15) is 4.79 Å². The van der Waals surface area contributed by atoms with Crippen LogP contribution >= 0.6 is 0 Å². The van der Waals surface area contributed by atoms with Crippen molar-refractivity contribution in [1.29, 1.82) is 0 Å². The lowest BCUT2D eigenvalue weighted by Crippen LogP contribution is -2.17. The molecule has 0 heterocycles. The Hall–Kier alpha value is -0.570. The highest BCUT2D eigenvalue weighted by molar-refractivity contribution is 5.69. The van der Waals surface area contributed by atoms with Gasteiger partial charge in [0.05, 0.1) is 0 Å². The first-order chi connectivity index (χ1) is 5.70. The van der Waals surface area contributed by atoms with Crippen molar-refractivity contribution in [1.82, 2.24) is 0 Å². The summed E-state index contributed by atoms with van der Waals surface area (Å²) in [5.74, 6) is -0.169. The van der Waals surface area contributed by atoms with Crippen LogP contribution in [0, 0.1) is 0 Å². The second kappa shape index (κ2) is 7.10. The van der Waals surface area contributed by atoms with Gasteiger partial charge in [-0.15, -0.1) is 0 Å². The van der Waals surface area contributed by atoms with E-state index in [4.69, 9.17) is 9.47 Å². The summed E-state index contributed by atoms with van der Waals surface area (Å²) in [6.45, 7) is 6.21. The number of ether oxygens (including phenoxy) is 2. The molecule has 0 aliphatic carbocycles. The highest BCUT2D eigenvalue weighted by Gasteiger charge is 2.07. The molecule has 0 spiro atoms. The zero-order valence-corrected chi connectivity index (χ0v) is 8.13. The average Bonchev–Trinajstić information content (AvgIpc) is 2.01. The van der Waals surface area contributed by atoms with E-state index in [1.807, 2.05) is 13.8 Å². The maximum atomic E-state index is 11.0. The molecule has 0 amide bonds. The summed E-state index contributed by atoms with van der Waals surface area (Å²) in [5.41, 5.74) is 0. The fourth-order valence-corrected chi connectivity index (χ4v) is 0.834. The summed E-state index contributed by atoms with van der Waals surface area (Å²) in [7, 11) is 0. The molecule has 0 aromatic heterocycles. The molecule has 1 atom stereocenters. The van der Waals surface area contributed by atoms with Crippen LogP contribution in [-0.2, 0) is 14.3 Å². The Labute approximate surface area is 74.0 Å². The minimum Gasteiger partial charge on any atom is -0.436 e. The summed E-state index contributed by atoms with van der Waals surface area (Å²) in [4.78, 5) is 11.0. The van der Waals surface area contributed by atoms with Crippen molar-refractivity contribution in [3.05, 3.63) is 0 Å². The van der Waals surface area contributed by atoms with Gasteiger partial charge in [0.15, 0.2) is 6.29 Å². The van der Waals surface area contributed by atoms with Gasteiger partial charge in [-0.2, -0.15) is 0 Å². The van der Waals surface area contributed by atoms with Crippen LogP contribution in [0.5, 0.6) is 0 Å². The van der Waals surface area contributed by atoms with Crippen LogP contribution in [0.3, 0.4) is 0 Å². The zero-order valence-electron chi connectivity index (χ0n) is 8.13. The Balaban J connectivity index is 3.40. The third-order valence-corrected chi connectivity index (χ3v) is 1.43. The minimum absolute atomic E-state index is 0.169. The molecule has 3 nitrogen and oxygen atoms in total. The van der Waals surface area contributed by atoms with E-state index in [0.29, 0.717) is 13.0 Å². The van der Waals surface area contributed by atoms with Gasteiger partial charge in [-0.05, 0) is 20.3 Å². The lowest BCUT2D eigenvalue weighted by molar-refractivity contribution is -0.173. The molecule has 0 aromatic carbocycles. The molecule has 0 N–H and O–H groups in total. The molecule has 0 aliphatic heterocycles. The average molecular weight is 174 g/mol. The first-order valence-corrected chi connectivity index (χ1v) is 4.51. The molecule has 0 fully saturated rings. The van der Waals surface area contributed by atoms with E-state index in [1.54, 1.807) is 6.92 Å². The Morgan fingerprint density at radius 2 is 2.08 bits per heavy atom. The van der Waals surface area contributed by atoms with E-state index >= 15 is 0 Å². The molecule has 3 heteroatoms. The van der Waals surface area contributed by atoms with Crippen LogP contribution < -0.4 is 0 Å². The minimum atomic E-state index is -0.403. The van der Waals surface area contributed by atoms with E-state index in [2.05, 4.69) is 0 Å². The van der Waals surface area contributed by atoms with Gasteiger partial charge in [0, 0.05) is 13.0 Å². The second-order valence-electron chi connectivity index (χ2n) is 2.62. The molecule has 0 rings (SSSR count). The molecule has 0 saturated heterocycles. The van der Waals surface area contributed by atoms with Gasteiger partial charge in [0.25, 0.3) is 0 Å². The molecule has 0 saturated carbocycles. The summed E-state index contributed by atoms with van der Waals surface area (Å²) in [5, 5.41) is 0. The number of carbonyl (C=O) groups is 1. The number of esters is 1. The third kappa shape index (κ3) is 6.16. The van der Waals surface area contributed by atoms with Crippen LogP contribution in [0.25, 0.3) is 0 Å².